The Balaban J connectivity index is 1.73. The molecule has 0 saturated heterocycles. The third-order valence-corrected chi connectivity index (χ3v) is 3.04. The maximum atomic E-state index is 11.7. The molecule has 110 valence electrons. The Morgan fingerprint density at radius 2 is 2.00 bits per heavy atom. The highest BCUT2D eigenvalue weighted by Crippen LogP contribution is 2.13. The molecule has 0 saturated carbocycles. The molecule has 2 rings (SSSR count). The molecule has 0 fully saturated rings. The van der Waals surface area contributed by atoms with E-state index >= 15 is 0 Å². The molecule has 0 bridgehead atoms. The van der Waals surface area contributed by atoms with E-state index in [1.54, 1.807) is 12.4 Å². The van der Waals surface area contributed by atoms with Crippen LogP contribution in [-0.4, -0.2) is 17.5 Å². The summed E-state index contributed by atoms with van der Waals surface area (Å²) in [5, 5.41) is 2.80. The molecule has 4 nitrogen and oxygen atoms in total. The van der Waals surface area contributed by atoms with Gasteiger partial charge in [-0.15, -0.1) is 0 Å². The number of nitrogens with zero attached hydrogens (tertiary/aromatic N) is 1. The van der Waals surface area contributed by atoms with Crippen LogP contribution < -0.4 is 10.1 Å². The smallest absolute Gasteiger partial charge is 0.258 e. The molecule has 1 N–H and O–H groups in total. The first kappa shape index (κ1) is 15.0. The van der Waals surface area contributed by atoms with Crippen molar-refractivity contribution >= 4 is 5.91 Å². The number of aromatic nitrogens is 1. The minimum absolute atomic E-state index is 0.0212. The monoisotopic (exact) mass is 284 g/mol. The van der Waals surface area contributed by atoms with Crippen molar-refractivity contribution in [2.24, 2.45) is 0 Å². The highest BCUT2D eigenvalue weighted by Gasteiger charge is 2.03. The Labute approximate surface area is 125 Å². The third-order valence-electron chi connectivity index (χ3n) is 3.04. The summed E-state index contributed by atoms with van der Waals surface area (Å²) in [4.78, 5) is 15.7. The first-order chi connectivity index (χ1) is 10.3. The lowest BCUT2D eigenvalue weighted by atomic mass is 10.1. The number of aryl methyl sites for hydroxylation is 1. The maximum Gasteiger partial charge on any atom is 0.258 e. The summed E-state index contributed by atoms with van der Waals surface area (Å²) in [6.45, 7) is 2.63. The van der Waals surface area contributed by atoms with Gasteiger partial charge in [-0.1, -0.05) is 31.5 Å². The number of carbonyl (C=O) groups excluding carboxylic acids is 1. The molecular formula is C17H20N2O2. The van der Waals surface area contributed by atoms with Crippen molar-refractivity contribution in [3.05, 3.63) is 59.9 Å². The molecule has 0 radical (unpaired) electrons. The summed E-state index contributed by atoms with van der Waals surface area (Å²) in [6, 6.07) is 11.6. The summed E-state index contributed by atoms with van der Waals surface area (Å²) < 4.78 is 5.46. The molecular weight excluding hydrogens is 264 g/mol. The average Bonchev–Trinajstić information content (AvgIpc) is 2.53. The first-order valence-electron chi connectivity index (χ1n) is 7.15. The van der Waals surface area contributed by atoms with Gasteiger partial charge < -0.3 is 10.1 Å². The Morgan fingerprint density at radius 1 is 1.19 bits per heavy atom. The largest absolute Gasteiger partial charge is 0.484 e. The number of benzene rings is 1. The van der Waals surface area contributed by atoms with Gasteiger partial charge in [0.05, 0.1) is 0 Å². The van der Waals surface area contributed by atoms with Crippen LogP contribution in [-0.2, 0) is 17.8 Å². The lowest BCUT2D eigenvalue weighted by Gasteiger charge is -2.08. The van der Waals surface area contributed by atoms with Crippen LogP contribution in [0, 0.1) is 0 Å². The van der Waals surface area contributed by atoms with E-state index in [9.17, 15) is 4.79 Å². The molecule has 1 aromatic carbocycles. The van der Waals surface area contributed by atoms with Crippen LogP contribution >= 0.6 is 0 Å². The van der Waals surface area contributed by atoms with Gasteiger partial charge in [0.2, 0.25) is 0 Å². The van der Waals surface area contributed by atoms with Crippen LogP contribution in [0.1, 0.15) is 24.5 Å². The normalized spacial score (nSPS) is 10.1. The zero-order valence-corrected chi connectivity index (χ0v) is 12.2. The van der Waals surface area contributed by atoms with Gasteiger partial charge >= 0.3 is 0 Å². The van der Waals surface area contributed by atoms with E-state index in [0.717, 1.165) is 18.4 Å². The number of nitrogens with one attached hydrogen (secondary N) is 1. The van der Waals surface area contributed by atoms with Crippen LogP contribution in [0.25, 0.3) is 0 Å². The van der Waals surface area contributed by atoms with E-state index in [0.29, 0.717) is 12.3 Å². The molecule has 1 amide bonds. The van der Waals surface area contributed by atoms with Gasteiger partial charge in [0.1, 0.15) is 5.75 Å². The molecule has 1 aromatic heterocycles. The fraction of sp³-hybridized carbons (Fsp3) is 0.294. The standard InChI is InChI=1S/C17H20N2O2/c1-2-4-14-6-8-16(9-7-14)21-13-17(20)19-12-15-5-3-10-18-11-15/h3,5-11H,2,4,12-13H2,1H3,(H,19,20). The SMILES string of the molecule is CCCc1ccc(OCC(=O)NCc2cccnc2)cc1. The minimum Gasteiger partial charge on any atom is -0.484 e. The van der Waals surface area contributed by atoms with Crippen LogP contribution in [0.2, 0.25) is 0 Å². The van der Waals surface area contributed by atoms with Crippen molar-refractivity contribution in [2.45, 2.75) is 26.3 Å². The number of rotatable bonds is 7. The second-order valence-electron chi connectivity index (χ2n) is 4.82. The second kappa shape index (κ2) is 8.04. The molecule has 1 heterocycles. The Kier molecular flexibility index (Phi) is 5.76. The topological polar surface area (TPSA) is 51.2 Å². The van der Waals surface area contributed by atoms with Crippen LogP contribution in [0.5, 0.6) is 5.75 Å². The van der Waals surface area contributed by atoms with Gasteiger partial charge in [0, 0.05) is 18.9 Å². The van der Waals surface area contributed by atoms with Crippen molar-refractivity contribution in [3.63, 3.8) is 0 Å². The number of hydrogen-bond acceptors (Lipinski definition) is 3. The predicted octanol–water partition coefficient (Wildman–Crippen LogP) is 2.73. The molecule has 0 aliphatic carbocycles. The summed E-state index contributed by atoms with van der Waals surface area (Å²) in [5.41, 5.74) is 2.25. The number of pyridine rings is 1. The van der Waals surface area contributed by atoms with E-state index in [2.05, 4.69) is 17.2 Å². The molecule has 0 aliphatic heterocycles. The fourth-order valence-corrected chi connectivity index (χ4v) is 1.94. The van der Waals surface area contributed by atoms with Gasteiger partial charge in [-0.25, -0.2) is 0 Å². The Bertz CT molecular complexity index is 553. The Morgan fingerprint density at radius 3 is 2.67 bits per heavy atom. The van der Waals surface area contributed by atoms with E-state index < -0.39 is 0 Å². The lowest BCUT2D eigenvalue weighted by molar-refractivity contribution is -0.123. The van der Waals surface area contributed by atoms with Crippen LogP contribution in [0.4, 0.5) is 0 Å². The van der Waals surface area contributed by atoms with Crippen molar-refractivity contribution in [1.29, 1.82) is 0 Å². The van der Waals surface area contributed by atoms with Crippen LogP contribution in [0.3, 0.4) is 0 Å². The van der Waals surface area contributed by atoms with Crippen LogP contribution in [0.15, 0.2) is 48.8 Å². The summed E-state index contributed by atoms with van der Waals surface area (Å²) in [6.07, 6.45) is 5.62. The maximum absolute atomic E-state index is 11.7. The highest BCUT2D eigenvalue weighted by molar-refractivity contribution is 5.77. The molecule has 21 heavy (non-hydrogen) atoms. The molecule has 0 atom stereocenters. The Hall–Kier alpha value is -2.36. The van der Waals surface area contributed by atoms with Gasteiger partial charge in [-0.05, 0) is 35.7 Å². The molecule has 4 heteroatoms. The average molecular weight is 284 g/mol. The lowest BCUT2D eigenvalue weighted by Crippen LogP contribution is -2.28. The van der Waals surface area contributed by atoms with Crippen molar-refractivity contribution in [2.75, 3.05) is 6.61 Å². The van der Waals surface area contributed by atoms with Gasteiger partial charge in [0.25, 0.3) is 5.91 Å². The molecule has 0 unspecified atom stereocenters. The number of hydrogen-bond donors (Lipinski definition) is 1. The number of carbonyl (C=O) groups is 1. The first-order valence-corrected chi connectivity index (χ1v) is 7.15. The fourth-order valence-electron chi connectivity index (χ4n) is 1.94. The van der Waals surface area contributed by atoms with E-state index in [1.807, 2.05) is 36.4 Å². The van der Waals surface area contributed by atoms with E-state index in [-0.39, 0.29) is 12.5 Å². The highest BCUT2D eigenvalue weighted by atomic mass is 16.5. The molecule has 2 aromatic rings. The summed E-state index contributed by atoms with van der Waals surface area (Å²) in [5.74, 6) is 0.572. The second-order valence-corrected chi connectivity index (χ2v) is 4.82. The minimum atomic E-state index is -0.142. The summed E-state index contributed by atoms with van der Waals surface area (Å²) >= 11 is 0. The number of amides is 1. The number of ether oxygens (including phenoxy) is 1. The molecule has 0 spiro atoms. The van der Waals surface area contributed by atoms with Crippen molar-refractivity contribution in [3.8, 4) is 5.75 Å². The van der Waals surface area contributed by atoms with Crippen molar-refractivity contribution in [1.82, 2.24) is 10.3 Å². The van der Waals surface area contributed by atoms with E-state index in [1.165, 1.54) is 5.56 Å². The predicted molar refractivity (Wildman–Crippen MR) is 82.0 cm³/mol. The quantitative estimate of drug-likeness (QED) is 0.850. The van der Waals surface area contributed by atoms with Gasteiger partial charge in [-0.3, -0.25) is 9.78 Å². The van der Waals surface area contributed by atoms with Crippen molar-refractivity contribution < 1.29 is 9.53 Å². The zero-order chi connectivity index (χ0) is 14.9. The third kappa shape index (κ3) is 5.26. The summed E-state index contributed by atoms with van der Waals surface area (Å²) in [7, 11) is 0. The molecule has 0 aliphatic rings. The van der Waals surface area contributed by atoms with Gasteiger partial charge in [0.15, 0.2) is 6.61 Å². The van der Waals surface area contributed by atoms with E-state index in [4.69, 9.17) is 4.74 Å². The van der Waals surface area contributed by atoms with Gasteiger partial charge in [-0.2, -0.15) is 0 Å². The zero-order valence-electron chi connectivity index (χ0n) is 12.2.